The smallest absolute Gasteiger partial charge is 0.153 e. The topological polar surface area (TPSA) is 18.5 Å². The molecule has 154 valence electrons. The molecule has 0 spiro atoms. The van der Waals surface area contributed by atoms with Gasteiger partial charge >= 0.3 is 0 Å². The van der Waals surface area contributed by atoms with E-state index in [-0.39, 0.29) is 16.7 Å². The molecule has 0 N–H and O–H groups in total. The van der Waals surface area contributed by atoms with Gasteiger partial charge in [-0.1, -0.05) is 83.9 Å². The van der Waals surface area contributed by atoms with E-state index < -0.39 is 0 Å². The molecular formula is C24H32Cl2O2. The van der Waals surface area contributed by atoms with Crippen molar-refractivity contribution < 1.29 is 8.58 Å². The van der Waals surface area contributed by atoms with Gasteiger partial charge in [-0.2, -0.15) is 0 Å². The zero-order valence-corrected chi connectivity index (χ0v) is 20.0. The lowest BCUT2D eigenvalue weighted by Crippen LogP contribution is -2.16. The second-order valence-electron chi connectivity index (χ2n) is 9.84. The highest BCUT2D eigenvalue weighted by molar-refractivity contribution is 6.09. The lowest BCUT2D eigenvalue weighted by atomic mass is 9.79. The number of rotatable bonds is 4. The van der Waals surface area contributed by atoms with Gasteiger partial charge < -0.3 is 8.58 Å². The Labute approximate surface area is 180 Å². The first kappa shape index (κ1) is 22.9. The third-order valence-electron chi connectivity index (χ3n) is 5.23. The summed E-state index contributed by atoms with van der Waals surface area (Å²) < 4.78 is 10.8. The molecule has 0 bridgehead atoms. The molecule has 0 aliphatic carbocycles. The standard InChI is InChI=1S/C24H32Cl2O2/c1-14-10-17(21(27-25)19(12-14)23(4,5)6)16(3)18-11-15(2)13-20(22(18)28-26)24(7,8)9/h10-13,16H,1-9H3. The molecule has 2 rings (SSSR count). The summed E-state index contributed by atoms with van der Waals surface area (Å²) in [4.78, 5) is 0. The monoisotopic (exact) mass is 422 g/mol. The normalized spacial score (nSPS) is 12.4. The van der Waals surface area contributed by atoms with Crippen molar-refractivity contribution in [3.63, 3.8) is 0 Å². The van der Waals surface area contributed by atoms with Crippen molar-refractivity contribution in [2.45, 2.75) is 79.1 Å². The Morgan fingerprint density at radius 3 is 1.25 bits per heavy atom. The maximum absolute atomic E-state index is 5.98. The van der Waals surface area contributed by atoms with Gasteiger partial charge in [0, 0.05) is 28.2 Å². The van der Waals surface area contributed by atoms with Crippen LogP contribution < -0.4 is 8.58 Å². The van der Waals surface area contributed by atoms with E-state index in [0.717, 1.165) is 22.3 Å². The number of aryl methyl sites for hydroxylation is 2. The van der Waals surface area contributed by atoms with Crippen LogP contribution in [0.5, 0.6) is 11.5 Å². The van der Waals surface area contributed by atoms with Gasteiger partial charge in [0.2, 0.25) is 0 Å². The first-order chi connectivity index (χ1) is 12.8. The third kappa shape index (κ3) is 4.60. The predicted octanol–water partition coefficient (Wildman–Crippen LogP) is 8.12. The minimum absolute atomic E-state index is 0.00972. The zero-order valence-electron chi connectivity index (χ0n) is 18.5. The van der Waals surface area contributed by atoms with E-state index in [0.29, 0.717) is 11.5 Å². The first-order valence-corrected chi connectivity index (χ1v) is 10.3. The van der Waals surface area contributed by atoms with Crippen LogP contribution in [-0.4, -0.2) is 0 Å². The molecule has 0 amide bonds. The van der Waals surface area contributed by atoms with E-state index in [9.17, 15) is 0 Å². The van der Waals surface area contributed by atoms with Gasteiger partial charge in [0.05, 0.1) is 0 Å². The third-order valence-corrected chi connectivity index (χ3v) is 5.54. The molecule has 0 aromatic heterocycles. The molecule has 2 aromatic carbocycles. The SMILES string of the molecule is Cc1cc(C(C)c2cc(C)cc(C(C)(C)C)c2OCl)c(OCl)c(C(C)(C)C)c1. The van der Waals surface area contributed by atoms with Crippen LogP contribution in [0, 0.1) is 13.8 Å². The van der Waals surface area contributed by atoms with Gasteiger partial charge in [0.1, 0.15) is 23.7 Å². The molecule has 0 saturated carbocycles. The highest BCUT2D eigenvalue weighted by Crippen LogP contribution is 2.45. The molecule has 0 atom stereocenters. The Morgan fingerprint density at radius 2 is 1.00 bits per heavy atom. The molecule has 0 heterocycles. The van der Waals surface area contributed by atoms with Crippen molar-refractivity contribution in [1.82, 2.24) is 0 Å². The lowest BCUT2D eigenvalue weighted by Gasteiger charge is -2.28. The Kier molecular flexibility index (Phi) is 6.68. The Bertz CT molecular complexity index is 787. The van der Waals surface area contributed by atoms with Gasteiger partial charge in [-0.3, -0.25) is 0 Å². The second kappa shape index (κ2) is 8.16. The fourth-order valence-electron chi connectivity index (χ4n) is 3.70. The highest BCUT2D eigenvalue weighted by Gasteiger charge is 2.29. The van der Waals surface area contributed by atoms with Crippen molar-refractivity contribution in [2.24, 2.45) is 0 Å². The molecule has 28 heavy (non-hydrogen) atoms. The van der Waals surface area contributed by atoms with E-state index in [4.69, 9.17) is 32.3 Å². The van der Waals surface area contributed by atoms with Crippen LogP contribution in [-0.2, 0) is 10.8 Å². The van der Waals surface area contributed by atoms with Crippen molar-refractivity contribution in [3.05, 3.63) is 57.6 Å². The van der Waals surface area contributed by atoms with E-state index in [1.165, 1.54) is 11.1 Å². The molecule has 0 aliphatic rings. The molecule has 2 aromatic rings. The number of hydrogen-bond donors (Lipinski definition) is 0. The molecular weight excluding hydrogens is 391 g/mol. The minimum Gasteiger partial charge on any atom is -0.385 e. The maximum atomic E-state index is 5.98. The Balaban J connectivity index is 2.79. The van der Waals surface area contributed by atoms with Crippen LogP contribution in [0.25, 0.3) is 0 Å². The van der Waals surface area contributed by atoms with E-state index in [1.807, 2.05) is 0 Å². The average molecular weight is 423 g/mol. The molecule has 2 nitrogen and oxygen atoms in total. The van der Waals surface area contributed by atoms with Crippen molar-refractivity contribution >= 4 is 23.7 Å². The average Bonchev–Trinajstić information content (AvgIpc) is 2.58. The van der Waals surface area contributed by atoms with Crippen molar-refractivity contribution in [3.8, 4) is 11.5 Å². The van der Waals surface area contributed by atoms with E-state index in [1.54, 1.807) is 0 Å². The summed E-state index contributed by atoms with van der Waals surface area (Å²) in [5.74, 6) is 1.42. The van der Waals surface area contributed by atoms with Crippen molar-refractivity contribution in [1.29, 1.82) is 0 Å². The summed E-state index contributed by atoms with van der Waals surface area (Å²) in [5, 5.41) is 0. The summed E-state index contributed by atoms with van der Waals surface area (Å²) in [6.45, 7) is 19.3. The van der Waals surface area contributed by atoms with E-state index in [2.05, 4.69) is 86.6 Å². The molecule has 0 radical (unpaired) electrons. The Morgan fingerprint density at radius 1 is 0.679 bits per heavy atom. The fraction of sp³-hybridized carbons (Fsp3) is 0.500. The lowest BCUT2D eigenvalue weighted by molar-refractivity contribution is 0.520. The summed E-state index contributed by atoms with van der Waals surface area (Å²) in [6, 6.07) is 8.55. The van der Waals surface area contributed by atoms with Gasteiger partial charge in [-0.25, -0.2) is 0 Å². The van der Waals surface area contributed by atoms with Gasteiger partial charge in [-0.05, 0) is 24.7 Å². The van der Waals surface area contributed by atoms with Crippen LogP contribution in [0.15, 0.2) is 24.3 Å². The molecule has 0 aliphatic heterocycles. The highest BCUT2D eigenvalue weighted by atomic mass is 35.5. The van der Waals surface area contributed by atoms with Crippen LogP contribution in [0.1, 0.15) is 87.8 Å². The second-order valence-corrected chi connectivity index (χ2v) is 10.1. The van der Waals surface area contributed by atoms with Gasteiger partial charge in [0.15, 0.2) is 11.5 Å². The first-order valence-electron chi connectivity index (χ1n) is 9.68. The summed E-state index contributed by atoms with van der Waals surface area (Å²) in [5.41, 5.74) is 6.37. The molecule has 0 unspecified atom stereocenters. The predicted molar refractivity (Wildman–Crippen MR) is 120 cm³/mol. The molecule has 4 heteroatoms. The maximum Gasteiger partial charge on any atom is 0.153 e. The zero-order chi connectivity index (χ0) is 21.4. The summed E-state index contributed by atoms with van der Waals surface area (Å²) in [7, 11) is 0. The number of benzene rings is 2. The largest absolute Gasteiger partial charge is 0.385 e. The van der Waals surface area contributed by atoms with E-state index >= 15 is 0 Å². The van der Waals surface area contributed by atoms with Crippen LogP contribution in [0.4, 0.5) is 0 Å². The van der Waals surface area contributed by atoms with Crippen molar-refractivity contribution in [2.75, 3.05) is 0 Å². The van der Waals surface area contributed by atoms with Crippen LogP contribution in [0.3, 0.4) is 0 Å². The van der Waals surface area contributed by atoms with Crippen LogP contribution in [0.2, 0.25) is 0 Å². The summed E-state index contributed by atoms with van der Waals surface area (Å²) >= 11 is 12.0. The van der Waals surface area contributed by atoms with Gasteiger partial charge in [-0.15, -0.1) is 0 Å². The Hall–Kier alpha value is -1.38. The van der Waals surface area contributed by atoms with Gasteiger partial charge in [0.25, 0.3) is 0 Å². The number of hydrogen-bond acceptors (Lipinski definition) is 2. The minimum atomic E-state index is -0.0975. The number of halogens is 2. The quantitative estimate of drug-likeness (QED) is 0.494. The summed E-state index contributed by atoms with van der Waals surface area (Å²) in [6.07, 6.45) is 0. The fourth-order valence-corrected chi connectivity index (χ4v) is 4.04. The van der Waals surface area contributed by atoms with Crippen LogP contribution >= 0.6 is 23.7 Å². The molecule has 0 fully saturated rings. The molecule has 0 saturated heterocycles.